The summed E-state index contributed by atoms with van der Waals surface area (Å²) in [4.78, 5) is 11.3. The third-order valence-electron chi connectivity index (χ3n) is 3.61. The van der Waals surface area contributed by atoms with Crippen molar-refractivity contribution < 1.29 is 9.53 Å². The number of carbonyl (C=O) groups excluding carboxylic acids is 1. The van der Waals surface area contributed by atoms with E-state index in [0.717, 1.165) is 11.4 Å². The van der Waals surface area contributed by atoms with Gasteiger partial charge in [0, 0.05) is 6.92 Å². The topological polar surface area (TPSA) is 57.0 Å². The van der Waals surface area contributed by atoms with Gasteiger partial charge in [-0.25, -0.2) is 4.68 Å². The van der Waals surface area contributed by atoms with Gasteiger partial charge in [-0.3, -0.25) is 4.79 Å². The van der Waals surface area contributed by atoms with E-state index in [4.69, 9.17) is 4.74 Å². The molecule has 0 unspecified atom stereocenters. The van der Waals surface area contributed by atoms with Crippen LogP contribution >= 0.6 is 0 Å². The van der Waals surface area contributed by atoms with Crippen LogP contribution < -0.4 is 4.74 Å². The lowest BCUT2D eigenvalue weighted by Crippen LogP contribution is -2.12. The molecule has 2 aromatic rings. The van der Waals surface area contributed by atoms with Gasteiger partial charge in [0.25, 0.3) is 0 Å². The van der Waals surface area contributed by atoms with Crippen LogP contribution in [0.15, 0.2) is 24.3 Å². The van der Waals surface area contributed by atoms with Gasteiger partial charge in [0.15, 0.2) is 11.5 Å². The maximum Gasteiger partial charge on any atom is 0.181 e. The Kier molecular flexibility index (Phi) is 4.64. The highest BCUT2D eigenvalue weighted by atomic mass is 16.5. The highest BCUT2D eigenvalue weighted by Gasteiger charge is 2.14. The highest BCUT2D eigenvalue weighted by Crippen LogP contribution is 2.24. The number of ketones is 1. The number of rotatable bonds is 5. The van der Waals surface area contributed by atoms with Gasteiger partial charge in [-0.1, -0.05) is 38.1 Å². The van der Waals surface area contributed by atoms with Gasteiger partial charge >= 0.3 is 0 Å². The zero-order valence-electron chi connectivity index (χ0n) is 13.9. The van der Waals surface area contributed by atoms with Gasteiger partial charge < -0.3 is 4.74 Å². The second-order valence-electron chi connectivity index (χ2n) is 6.43. The monoisotopic (exact) mass is 301 g/mol. The first-order valence-corrected chi connectivity index (χ1v) is 7.43. The van der Waals surface area contributed by atoms with Gasteiger partial charge in [0.05, 0.1) is 12.2 Å². The third kappa shape index (κ3) is 3.72. The molecule has 1 aromatic heterocycles. The predicted octanol–water partition coefficient (Wildman–Crippen LogP) is 3.17. The van der Waals surface area contributed by atoms with Crippen molar-refractivity contribution in [2.75, 3.05) is 6.61 Å². The molecule has 5 heteroatoms. The molecule has 22 heavy (non-hydrogen) atoms. The van der Waals surface area contributed by atoms with Gasteiger partial charge in [-0.15, -0.1) is 5.10 Å². The van der Waals surface area contributed by atoms with Crippen LogP contribution in [0.4, 0.5) is 0 Å². The van der Waals surface area contributed by atoms with Crippen LogP contribution in [0.2, 0.25) is 0 Å². The van der Waals surface area contributed by atoms with Crippen LogP contribution in [-0.4, -0.2) is 27.4 Å². The Morgan fingerprint density at radius 3 is 2.36 bits per heavy atom. The molecule has 0 bridgehead atoms. The summed E-state index contributed by atoms with van der Waals surface area (Å²) >= 11 is 0. The van der Waals surface area contributed by atoms with Crippen molar-refractivity contribution in [3.8, 4) is 5.75 Å². The average molecular weight is 301 g/mol. The van der Waals surface area contributed by atoms with E-state index in [1.165, 1.54) is 12.5 Å². The fourth-order valence-corrected chi connectivity index (χ4v) is 2.20. The van der Waals surface area contributed by atoms with E-state index in [1.807, 2.05) is 19.1 Å². The maximum absolute atomic E-state index is 11.3. The summed E-state index contributed by atoms with van der Waals surface area (Å²) in [7, 11) is 0. The van der Waals surface area contributed by atoms with Crippen molar-refractivity contribution in [3.05, 3.63) is 41.2 Å². The smallest absolute Gasteiger partial charge is 0.181 e. The standard InChI is InChI=1S/C17H23N3O2/c1-12-16(13(2)21)18-19-20(12)10-11-22-15-8-6-14(7-9-15)17(3,4)5/h6-9H,10-11H2,1-5H3. The quantitative estimate of drug-likeness (QED) is 0.796. The summed E-state index contributed by atoms with van der Waals surface area (Å²) in [5.74, 6) is 0.764. The molecule has 0 aliphatic rings. The number of ether oxygens (including phenoxy) is 1. The minimum absolute atomic E-state index is 0.0672. The van der Waals surface area contributed by atoms with E-state index in [9.17, 15) is 4.79 Å². The summed E-state index contributed by atoms with van der Waals surface area (Å²) in [5.41, 5.74) is 2.62. The Morgan fingerprint density at radius 2 is 1.86 bits per heavy atom. The van der Waals surface area contributed by atoms with E-state index in [-0.39, 0.29) is 11.2 Å². The van der Waals surface area contributed by atoms with E-state index >= 15 is 0 Å². The van der Waals surface area contributed by atoms with Crippen molar-refractivity contribution in [3.63, 3.8) is 0 Å². The molecule has 0 saturated carbocycles. The number of hydrogen-bond acceptors (Lipinski definition) is 4. The number of aromatic nitrogens is 3. The maximum atomic E-state index is 11.3. The Hall–Kier alpha value is -2.17. The zero-order valence-corrected chi connectivity index (χ0v) is 13.9. The molecule has 0 saturated heterocycles. The highest BCUT2D eigenvalue weighted by molar-refractivity contribution is 5.92. The van der Waals surface area contributed by atoms with Crippen LogP contribution in [0.3, 0.4) is 0 Å². The molecule has 118 valence electrons. The number of hydrogen-bond donors (Lipinski definition) is 0. The van der Waals surface area contributed by atoms with Crippen molar-refractivity contribution in [2.24, 2.45) is 0 Å². The molecule has 0 spiro atoms. The number of nitrogens with zero attached hydrogens (tertiary/aromatic N) is 3. The summed E-state index contributed by atoms with van der Waals surface area (Å²) in [6.45, 7) is 10.9. The summed E-state index contributed by atoms with van der Waals surface area (Å²) in [5, 5.41) is 7.87. The molecule has 0 atom stereocenters. The molecule has 0 fully saturated rings. The molecular weight excluding hydrogens is 278 g/mol. The largest absolute Gasteiger partial charge is 0.492 e. The first-order valence-electron chi connectivity index (χ1n) is 7.43. The van der Waals surface area contributed by atoms with Crippen molar-refractivity contribution in [1.82, 2.24) is 15.0 Å². The fourth-order valence-electron chi connectivity index (χ4n) is 2.20. The molecular formula is C17H23N3O2. The van der Waals surface area contributed by atoms with Gasteiger partial charge in [-0.05, 0) is 30.0 Å². The lowest BCUT2D eigenvalue weighted by atomic mass is 9.87. The summed E-state index contributed by atoms with van der Waals surface area (Å²) in [6, 6.07) is 8.14. The molecule has 0 radical (unpaired) electrons. The zero-order chi connectivity index (χ0) is 16.3. The molecule has 0 amide bonds. The molecule has 1 heterocycles. The third-order valence-corrected chi connectivity index (χ3v) is 3.61. The number of Topliss-reactive ketones (excluding diaryl/α,β-unsaturated/α-hetero) is 1. The van der Waals surface area contributed by atoms with Crippen molar-refractivity contribution in [1.29, 1.82) is 0 Å². The van der Waals surface area contributed by atoms with Gasteiger partial charge in [0.2, 0.25) is 0 Å². The lowest BCUT2D eigenvalue weighted by molar-refractivity contribution is 0.101. The minimum Gasteiger partial charge on any atom is -0.492 e. The van der Waals surface area contributed by atoms with Crippen LogP contribution in [-0.2, 0) is 12.0 Å². The first-order chi connectivity index (χ1) is 10.3. The Labute approximate surface area is 131 Å². The molecule has 1 aromatic carbocycles. The van der Waals surface area contributed by atoms with Gasteiger partial charge in [-0.2, -0.15) is 0 Å². The summed E-state index contributed by atoms with van der Waals surface area (Å²) in [6.07, 6.45) is 0. The molecule has 5 nitrogen and oxygen atoms in total. The van der Waals surface area contributed by atoms with Crippen molar-refractivity contribution in [2.45, 2.75) is 46.6 Å². The number of benzene rings is 1. The van der Waals surface area contributed by atoms with Crippen LogP contribution in [0.5, 0.6) is 5.75 Å². The SMILES string of the molecule is CC(=O)c1nnn(CCOc2ccc(C(C)(C)C)cc2)c1C. The molecule has 0 aliphatic heterocycles. The average Bonchev–Trinajstić information content (AvgIpc) is 2.80. The van der Waals surface area contributed by atoms with Crippen LogP contribution in [0.1, 0.15) is 49.4 Å². The van der Waals surface area contributed by atoms with Crippen molar-refractivity contribution >= 4 is 5.78 Å². The first kappa shape index (κ1) is 16.2. The fraction of sp³-hybridized carbons (Fsp3) is 0.471. The normalized spacial score (nSPS) is 11.5. The minimum atomic E-state index is -0.0672. The van der Waals surface area contributed by atoms with E-state index < -0.39 is 0 Å². The summed E-state index contributed by atoms with van der Waals surface area (Å²) < 4.78 is 7.42. The second-order valence-corrected chi connectivity index (χ2v) is 6.43. The molecule has 2 rings (SSSR count). The second kappa shape index (κ2) is 6.30. The van der Waals surface area contributed by atoms with E-state index in [2.05, 4.69) is 43.2 Å². The number of carbonyl (C=O) groups is 1. The predicted molar refractivity (Wildman–Crippen MR) is 85.4 cm³/mol. The van der Waals surface area contributed by atoms with E-state index in [1.54, 1.807) is 4.68 Å². The Balaban J connectivity index is 1.93. The van der Waals surface area contributed by atoms with Crippen LogP contribution in [0, 0.1) is 6.92 Å². The lowest BCUT2D eigenvalue weighted by Gasteiger charge is -2.19. The molecule has 0 aliphatic carbocycles. The molecule has 0 N–H and O–H groups in total. The van der Waals surface area contributed by atoms with E-state index in [0.29, 0.717) is 18.8 Å². The van der Waals surface area contributed by atoms with Gasteiger partial charge in [0.1, 0.15) is 12.4 Å². The van der Waals surface area contributed by atoms with Crippen LogP contribution in [0.25, 0.3) is 0 Å². The Morgan fingerprint density at radius 1 is 1.23 bits per heavy atom. The Bertz CT molecular complexity index is 652.